The van der Waals surface area contributed by atoms with Gasteiger partial charge in [0.2, 0.25) is 10.0 Å². The Kier molecular flexibility index (Phi) is 5.11. The summed E-state index contributed by atoms with van der Waals surface area (Å²) < 4.78 is 31.2. The lowest BCUT2D eigenvalue weighted by Gasteiger charge is -2.13. The van der Waals surface area contributed by atoms with E-state index in [4.69, 9.17) is 21.6 Å². The quantitative estimate of drug-likeness (QED) is 0.891. The molecule has 98 valence electrons. The third-order valence-corrected chi connectivity index (χ3v) is 4.04. The van der Waals surface area contributed by atoms with Crippen molar-refractivity contribution < 1.29 is 13.2 Å². The van der Waals surface area contributed by atoms with E-state index in [1.807, 2.05) is 6.07 Å². The van der Waals surface area contributed by atoms with Crippen LogP contribution in [0.15, 0.2) is 23.1 Å². The minimum absolute atomic E-state index is 0.0226. The van der Waals surface area contributed by atoms with Crippen LogP contribution in [0.25, 0.3) is 0 Å². The van der Waals surface area contributed by atoms with Gasteiger partial charge in [0, 0.05) is 13.2 Å². The van der Waals surface area contributed by atoms with Crippen LogP contribution in [0.4, 0.5) is 0 Å². The van der Waals surface area contributed by atoms with Crippen molar-refractivity contribution in [3.63, 3.8) is 0 Å². The van der Waals surface area contributed by atoms with Gasteiger partial charge in [-0.1, -0.05) is 11.6 Å². The number of benzene rings is 1. The Hall–Kier alpha value is -1.13. The van der Waals surface area contributed by atoms with E-state index >= 15 is 0 Å². The molecular formula is C11H13ClN2O3S. The number of rotatable bonds is 5. The van der Waals surface area contributed by atoms with E-state index in [-0.39, 0.29) is 28.1 Å². The molecule has 1 N–H and O–H groups in total. The summed E-state index contributed by atoms with van der Waals surface area (Å²) in [6, 6.07) is 5.48. The molecule has 0 aliphatic heterocycles. The first-order chi connectivity index (χ1) is 8.40. The summed E-state index contributed by atoms with van der Waals surface area (Å²) in [5.41, 5.74) is 0.237. The van der Waals surface area contributed by atoms with Crippen LogP contribution >= 0.6 is 11.6 Å². The number of hydrogen-bond donors (Lipinski definition) is 1. The summed E-state index contributed by atoms with van der Waals surface area (Å²) in [6.07, 6.45) is 0. The molecule has 1 aromatic carbocycles. The number of nitriles is 1. The Balaban J connectivity index is 2.99. The fraction of sp³-hybridized carbons (Fsp3) is 0.364. The molecule has 0 saturated carbocycles. The maximum Gasteiger partial charge on any atom is 0.240 e. The summed E-state index contributed by atoms with van der Waals surface area (Å²) in [7, 11) is -2.16. The summed E-state index contributed by atoms with van der Waals surface area (Å²) >= 11 is 5.79. The maximum atomic E-state index is 12.0. The number of methoxy groups -OCH3 is 1. The highest BCUT2D eigenvalue weighted by Crippen LogP contribution is 2.20. The minimum atomic E-state index is -3.65. The summed E-state index contributed by atoms with van der Waals surface area (Å²) in [6.45, 7) is 1.95. The molecule has 1 rings (SSSR count). The third-order valence-electron chi connectivity index (χ3n) is 2.14. The zero-order chi connectivity index (χ0) is 13.8. The lowest BCUT2D eigenvalue weighted by molar-refractivity contribution is 0.180. The molecule has 5 nitrogen and oxygen atoms in total. The highest BCUT2D eigenvalue weighted by molar-refractivity contribution is 7.89. The molecular weight excluding hydrogens is 276 g/mol. The maximum absolute atomic E-state index is 12.0. The van der Waals surface area contributed by atoms with Crippen LogP contribution in [-0.4, -0.2) is 28.2 Å². The third kappa shape index (κ3) is 3.68. The van der Waals surface area contributed by atoms with Gasteiger partial charge in [0.1, 0.15) is 6.07 Å². The second-order valence-electron chi connectivity index (χ2n) is 3.73. The fourth-order valence-corrected chi connectivity index (χ4v) is 2.91. The molecule has 0 aromatic heterocycles. The first kappa shape index (κ1) is 14.9. The van der Waals surface area contributed by atoms with E-state index in [0.29, 0.717) is 0 Å². The van der Waals surface area contributed by atoms with Gasteiger partial charge in [0.05, 0.1) is 22.1 Å². The van der Waals surface area contributed by atoms with Gasteiger partial charge in [-0.2, -0.15) is 5.26 Å². The predicted molar refractivity (Wildman–Crippen MR) is 67.8 cm³/mol. The van der Waals surface area contributed by atoms with Gasteiger partial charge in [-0.15, -0.1) is 0 Å². The van der Waals surface area contributed by atoms with E-state index in [2.05, 4.69) is 4.72 Å². The van der Waals surface area contributed by atoms with Gasteiger partial charge in [-0.05, 0) is 25.1 Å². The molecule has 0 aliphatic carbocycles. The van der Waals surface area contributed by atoms with Crippen LogP contribution in [0.2, 0.25) is 5.02 Å². The number of sulfonamides is 1. The molecule has 7 heteroatoms. The van der Waals surface area contributed by atoms with Crippen molar-refractivity contribution >= 4 is 21.6 Å². The predicted octanol–water partition coefficient (Wildman–Crippen LogP) is 1.52. The summed E-state index contributed by atoms with van der Waals surface area (Å²) in [5.74, 6) is 0. The average molecular weight is 289 g/mol. The van der Waals surface area contributed by atoms with Crippen LogP contribution in [0.3, 0.4) is 0 Å². The Bertz CT molecular complexity index is 566. The molecule has 0 aliphatic rings. The van der Waals surface area contributed by atoms with E-state index in [1.165, 1.54) is 25.3 Å². The molecule has 0 amide bonds. The van der Waals surface area contributed by atoms with Gasteiger partial charge in [0.15, 0.2) is 0 Å². The number of nitrogens with one attached hydrogen (secondary N) is 1. The summed E-state index contributed by atoms with van der Waals surface area (Å²) in [4.78, 5) is 0.0226. The normalized spacial score (nSPS) is 13.0. The van der Waals surface area contributed by atoms with Crippen LogP contribution < -0.4 is 4.72 Å². The molecule has 0 saturated heterocycles. The van der Waals surface area contributed by atoms with Crippen molar-refractivity contribution in [2.75, 3.05) is 13.7 Å². The second kappa shape index (κ2) is 6.16. The first-order valence-corrected chi connectivity index (χ1v) is 6.97. The van der Waals surface area contributed by atoms with E-state index in [0.717, 1.165) is 0 Å². The zero-order valence-electron chi connectivity index (χ0n) is 9.97. The Labute approximate surface area is 111 Å². The van der Waals surface area contributed by atoms with Crippen molar-refractivity contribution in [1.29, 1.82) is 5.26 Å². The first-order valence-electron chi connectivity index (χ1n) is 5.11. The molecule has 1 atom stereocenters. The fourth-order valence-electron chi connectivity index (χ4n) is 1.37. The molecule has 0 spiro atoms. The van der Waals surface area contributed by atoms with Crippen molar-refractivity contribution in [2.24, 2.45) is 0 Å². The smallest absolute Gasteiger partial charge is 0.240 e. The minimum Gasteiger partial charge on any atom is -0.383 e. The summed E-state index contributed by atoms with van der Waals surface area (Å²) in [5, 5.41) is 8.82. The number of halogens is 1. The van der Waals surface area contributed by atoms with Crippen molar-refractivity contribution in [3.05, 3.63) is 28.8 Å². The molecule has 0 bridgehead atoms. The lowest BCUT2D eigenvalue weighted by Crippen LogP contribution is -2.35. The molecule has 0 radical (unpaired) electrons. The monoisotopic (exact) mass is 288 g/mol. The number of hydrogen-bond acceptors (Lipinski definition) is 4. The Morgan fingerprint density at radius 3 is 2.72 bits per heavy atom. The molecule has 0 unspecified atom stereocenters. The molecule has 0 fully saturated rings. The van der Waals surface area contributed by atoms with Crippen molar-refractivity contribution in [1.82, 2.24) is 4.72 Å². The SMILES string of the molecule is COC[C@@H](C)NS(=O)(=O)c1ccc(C#N)c(Cl)c1. The molecule has 0 heterocycles. The van der Waals surface area contributed by atoms with Gasteiger partial charge in [-0.3, -0.25) is 0 Å². The van der Waals surface area contributed by atoms with Gasteiger partial charge in [0.25, 0.3) is 0 Å². The van der Waals surface area contributed by atoms with Crippen molar-refractivity contribution in [2.45, 2.75) is 17.9 Å². The van der Waals surface area contributed by atoms with Crippen LogP contribution in [0.1, 0.15) is 12.5 Å². The van der Waals surface area contributed by atoms with Crippen molar-refractivity contribution in [3.8, 4) is 6.07 Å². The van der Waals surface area contributed by atoms with Crippen LogP contribution in [0, 0.1) is 11.3 Å². The standard InChI is InChI=1S/C11H13ClN2O3S/c1-8(7-17-2)14-18(15,16)10-4-3-9(6-13)11(12)5-10/h3-5,8,14H,7H2,1-2H3/t8-/m1/s1. The van der Waals surface area contributed by atoms with Gasteiger partial charge in [-0.25, -0.2) is 13.1 Å². The van der Waals surface area contributed by atoms with Gasteiger partial charge >= 0.3 is 0 Å². The van der Waals surface area contributed by atoms with Crippen LogP contribution in [0.5, 0.6) is 0 Å². The Morgan fingerprint density at radius 1 is 1.56 bits per heavy atom. The molecule has 18 heavy (non-hydrogen) atoms. The zero-order valence-corrected chi connectivity index (χ0v) is 11.5. The van der Waals surface area contributed by atoms with Gasteiger partial charge < -0.3 is 4.74 Å². The Morgan fingerprint density at radius 2 is 2.22 bits per heavy atom. The second-order valence-corrected chi connectivity index (χ2v) is 5.85. The van der Waals surface area contributed by atoms with E-state index in [1.54, 1.807) is 6.92 Å². The molecule has 1 aromatic rings. The topological polar surface area (TPSA) is 79.2 Å². The highest BCUT2D eigenvalue weighted by atomic mass is 35.5. The lowest BCUT2D eigenvalue weighted by atomic mass is 10.2. The number of ether oxygens (including phenoxy) is 1. The highest BCUT2D eigenvalue weighted by Gasteiger charge is 2.18. The van der Waals surface area contributed by atoms with E-state index < -0.39 is 10.0 Å². The average Bonchev–Trinajstić information content (AvgIpc) is 2.28. The largest absolute Gasteiger partial charge is 0.383 e. The van der Waals surface area contributed by atoms with E-state index in [9.17, 15) is 8.42 Å². The number of nitrogens with zero attached hydrogens (tertiary/aromatic N) is 1. The van der Waals surface area contributed by atoms with Crippen LogP contribution in [-0.2, 0) is 14.8 Å².